The van der Waals surface area contributed by atoms with Crippen LogP contribution in [0.2, 0.25) is 0 Å². The summed E-state index contributed by atoms with van der Waals surface area (Å²) in [6.07, 6.45) is 6.95. The van der Waals surface area contributed by atoms with Crippen molar-refractivity contribution in [3.05, 3.63) is 64.6 Å². The Morgan fingerprint density at radius 2 is 2.14 bits per heavy atom. The molecule has 2 aromatic rings. The molecule has 4 nitrogen and oxygen atoms in total. The predicted molar refractivity (Wildman–Crippen MR) is 88.6 cm³/mol. The van der Waals surface area contributed by atoms with Crippen LogP contribution >= 0.6 is 0 Å². The predicted octanol–water partition coefficient (Wildman–Crippen LogP) is 2.31. The third-order valence-electron chi connectivity index (χ3n) is 2.87. The van der Waals surface area contributed by atoms with Crippen LogP contribution in [0.5, 0.6) is 0 Å². The van der Waals surface area contributed by atoms with Crippen molar-refractivity contribution in [1.82, 2.24) is 9.97 Å². The molecule has 0 saturated heterocycles. The summed E-state index contributed by atoms with van der Waals surface area (Å²) >= 11 is 0. The number of nitriles is 1. The zero-order valence-corrected chi connectivity index (χ0v) is 13.1. The molecule has 0 fully saturated rings. The third-order valence-corrected chi connectivity index (χ3v) is 2.87. The Morgan fingerprint density at radius 3 is 2.73 bits per heavy atom. The Kier molecular flexibility index (Phi) is 6.52. The van der Waals surface area contributed by atoms with Gasteiger partial charge in [-0.15, -0.1) is 0 Å². The molecule has 22 heavy (non-hydrogen) atoms. The molecule has 0 bridgehead atoms. The highest BCUT2D eigenvalue weighted by Crippen LogP contribution is 2.04. The van der Waals surface area contributed by atoms with E-state index in [2.05, 4.69) is 16.5 Å². The molecule has 0 aliphatic carbocycles. The van der Waals surface area contributed by atoms with Gasteiger partial charge in [0.2, 0.25) is 5.78 Å². The smallest absolute Gasteiger partial charge is 0.213 e. The van der Waals surface area contributed by atoms with Crippen LogP contribution in [0, 0.1) is 11.3 Å². The lowest BCUT2D eigenvalue weighted by Gasteiger charge is -1.98. The molecule has 112 valence electrons. The molecule has 0 saturated carbocycles. The van der Waals surface area contributed by atoms with E-state index in [0.717, 1.165) is 10.6 Å². The molecule has 0 spiro atoms. The molecule has 2 heterocycles. The maximum Gasteiger partial charge on any atom is 0.213 e. The van der Waals surface area contributed by atoms with Crippen molar-refractivity contribution in [3.63, 3.8) is 0 Å². The van der Waals surface area contributed by atoms with E-state index in [1.165, 1.54) is 0 Å². The molecule has 2 rings (SSSR count). The Bertz CT molecular complexity index is 823. The van der Waals surface area contributed by atoms with Gasteiger partial charge in [-0.2, -0.15) is 5.26 Å². The van der Waals surface area contributed by atoms with Gasteiger partial charge in [-0.3, -0.25) is 4.79 Å². The summed E-state index contributed by atoms with van der Waals surface area (Å²) in [4.78, 5) is 19.5. The monoisotopic (exact) mass is 293 g/mol. The first-order chi connectivity index (χ1) is 10.7. The van der Waals surface area contributed by atoms with Gasteiger partial charge in [-0.05, 0) is 25.1 Å². The van der Waals surface area contributed by atoms with Crippen LogP contribution < -0.4 is 10.6 Å². The molecular formula is C18H19N3O. The highest BCUT2D eigenvalue weighted by atomic mass is 16.1. The molecule has 4 heteroatoms. The maximum absolute atomic E-state index is 12.5. The molecule has 0 radical (unpaired) electrons. The highest BCUT2D eigenvalue weighted by molar-refractivity contribution is 6.07. The van der Waals surface area contributed by atoms with Crippen LogP contribution in [-0.4, -0.2) is 15.8 Å². The number of rotatable bonds is 3. The minimum absolute atomic E-state index is 0.213. The Hall–Kier alpha value is -2.93. The first-order valence-electron chi connectivity index (χ1n) is 7.09. The fraction of sp³-hybridized carbons (Fsp3) is 0.167. The lowest BCUT2D eigenvalue weighted by atomic mass is 10.1. The summed E-state index contributed by atoms with van der Waals surface area (Å²) in [5.74, 6) is -0.213. The summed E-state index contributed by atoms with van der Waals surface area (Å²) in [5, 5.41) is 10.5. The number of carbonyl (C=O) groups is 1. The van der Waals surface area contributed by atoms with Gasteiger partial charge in [0.05, 0.1) is 0 Å². The fourth-order valence-electron chi connectivity index (χ4n) is 1.97. The van der Waals surface area contributed by atoms with E-state index in [4.69, 9.17) is 5.26 Å². The number of hydrogen-bond donors (Lipinski definition) is 1. The van der Waals surface area contributed by atoms with Crippen molar-refractivity contribution in [2.75, 3.05) is 0 Å². The van der Waals surface area contributed by atoms with Crippen LogP contribution in [0.1, 0.15) is 42.5 Å². The van der Waals surface area contributed by atoms with Crippen LogP contribution in [0.3, 0.4) is 0 Å². The van der Waals surface area contributed by atoms with Gasteiger partial charge in [0.25, 0.3) is 0 Å². The topological polar surface area (TPSA) is 69.5 Å². The van der Waals surface area contributed by atoms with E-state index >= 15 is 0 Å². The molecule has 1 N–H and O–H groups in total. The lowest BCUT2D eigenvalue weighted by Crippen LogP contribution is -2.27. The molecule has 0 unspecified atom stereocenters. The number of allylic oxidation sites excluding steroid dienone is 1. The number of pyridine rings is 1. The van der Waals surface area contributed by atoms with Crippen LogP contribution in [0.4, 0.5) is 0 Å². The number of aromatic amines is 1. The summed E-state index contributed by atoms with van der Waals surface area (Å²) in [5.41, 5.74) is 1.02. The molecule has 0 aliphatic heterocycles. The van der Waals surface area contributed by atoms with Gasteiger partial charge in [0.15, 0.2) is 0 Å². The normalized spacial score (nSPS) is 11.4. The number of H-pyrrole nitrogens is 1. The second-order valence-corrected chi connectivity index (χ2v) is 4.07. The van der Waals surface area contributed by atoms with Crippen LogP contribution in [0.15, 0.2) is 37.1 Å². The van der Waals surface area contributed by atoms with Gasteiger partial charge in [-0.1, -0.05) is 38.6 Å². The van der Waals surface area contributed by atoms with Crippen LogP contribution in [-0.2, 0) is 0 Å². The quantitative estimate of drug-likeness (QED) is 0.883. The van der Waals surface area contributed by atoms with E-state index in [0.29, 0.717) is 5.56 Å². The van der Waals surface area contributed by atoms with E-state index in [1.807, 2.05) is 32.9 Å². The lowest BCUT2D eigenvalue weighted by molar-refractivity contribution is 0.103. The molecular weight excluding hydrogens is 274 g/mol. The van der Waals surface area contributed by atoms with Gasteiger partial charge in [-0.25, -0.2) is 4.98 Å². The minimum atomic E-state index is -0.213. The van der Waals surface area contributed by atoms with Crippen molar-refractivity contribution < 1.29 is 4.79 Å². The van der Waals surface area contributed by atoms with E-state index < -0.39 is 0 Å². The van der Waals surface area contributed by atoms with E-state index in [-0.39, 0.29) is 17.2 Å². The average molecular weight is 293 g/mol. The van der Waals surface area contributed by atoms with Crippen molar-refractivity contribution >= 4 is 17.9 Å². The summed E-state index contributed by atoms with van der Waals surface area (Å²) < 4.78 is 0. The third kappa shape index (κ3) is 3.58. The van der Waals surface area contributed by atoms with Crippen molar-refractivity contribution in [3.8, 4) is 6.07 Å². The molecule has 0 aromatic carbocycles. The fourth-order valence-corrected chi connectivity index (χ4v) is 1.97. The van der Waals surface area contributed by atoms with Gasteiger partial charge >= 0.3 is 0 Å². The van der Waals surface area contributed by atoms with Crippen molar-refractivity contribution in [2.24, 2.45) is 0 Å². The number of nitrogens with zero attached hydrogens (tertiary/aromatic N) is 2. The maximum atomic E-state index is 12.5. The molecule has 2 aromatic heterocycles. The molecule has 0 aliphatic rings. The highest BCUT2D eigenvalue weighted by Gasteiger charge is 2.13. The zero-order chi connectivity index (χ0) is 16.5. The van der Waals surface area contributed by atoms with Gasteiger partial charge in [0, 0.05) is 22.3 Å². The summed E-state index contributed by atoms with van der Waals surface area (Å²) in [6.45, 7) is 9.50. The number of aromatic nitrogens is 2. The van der Waals surface area contributed by atoms with E-state index in [1.54, 1.807) is 36.5 Å². The largest absolute Gasteiger partial charge is 0.360 e. The summed E-state index contributed by atoms with van der Waals surface area (Å²) in [7, 11) is 0. The Morgan fingerprint density at radius 1 is 1.41 bits per heavy atom. The molecule has 0 amide bonds. The van der Waals surface area contributed by atoms with Crippen molar-refractivity contribution in [1.29, 1.82) is 5.26 Å². The van der Waals surface area contributed by atoms with Crippen LogP contribution in [0.25, 0.3) is 12.2 Å². The second-order valence-electron chi connectivity index (χ2n) is 4.07. The SMILES string of the molecule is C=C/C=c1/[nH]cc(C(=O)c2cccc(C#N)n2)/c1=C/C.CC. The first kappa shape index (κ1) is 17.1. The summed E-state index contributed by atoms with van der Waals surface area (Å²) in [6, 6.07) is 6.75. The minimum Gasteiger partial charge on any atom is -0.360 e. The number of nitrogens with one attached hydrogen (secondary N) is 1. The zero-order valence-electron chi connectivity index (χ0n) is 13.1. The number of hydrogen-bond acceptors (Lipinski definition) is 3. The Labute approximate surface area is 130 Å². The Balaban J connectivity index is 0.00000116. The number of ketones is 1. The first-order valence-corrected chi connectivity index (χ1v) is 7.09. The van der Waals surface area contributed by atoms with Gasteiger partial charge in [0.1, 0.15) is 17.5 Å². The van der Waals surface area contributed by atoms with Gasteiger partial charge < -0.3 is 4.98 Å². The van der Waals surface area contributed by atoms with E-state index in [9.17, 15) is 4.79 Å². The van der Waals surface area contributed by atoms with Crippen molar-refractivity contribution in [2.45, 2.75) is 20.8 Å². The number of carbonyl (C=O) groups excluding carboxylic acids is 1. The average Bonchev–Trinajstić information content (AvgIpc) is 2.99. The molecule has 0 atom stereocenters. The second kappa shape index (κ2) is 8.38. The standard InChI is InChI=1S/C16H13N3O.C2H6/c1-3-6-14-12(4-2)13(10-18-14)16(20)15-8-5-7-11(9-17)19-15;1-2/h3-8,10,18H,1H2,2H3;1-2H3/b12-4-,14-6+;.